The van der Waals surface area contributed by atoms with E-state index >= 15 is 0 Å². The third-order valence-corrected chi connectivity index (χ3v) is 5.93. The van der Waals surface area contributed by atoms with Crippen LogP contribution in [0.15, 0.2) is 70.0 Å². The second-order valence-electron chi connectivity index (χ2n) is 8.12. The van der Waals surface area contributed by atoms with Crippen molar-refractivity contribution in [1.82, 2.24) is 24.8 Å². The van der Waals surface area contributed by atoms with Gasteiger partial charge in [0.15, 0.2) is 0 Å². The number of hydrogen-bond donors (Lipinski definition) is 0. The summed E-state index contributed by atoms with van der Waals surface area (Å²) in [7, 11) is 2.10. The molecule has 9 heteroatoms. The van der Waals surface area contributed by atoms with Crippen molar-refractivity contribution in [2.24, 2.45) is 0 Å². The van der Waals surface area contributed by atoms with E-state index in [4.69, 9.17) is 16.1 Å². The molecule has 1 fully saturated rings. The fourth-order valence-corrected chi connectivity index (χ4v) is 3.99. The van der Waals surface area contributed by atoms with Gasteiger partial charge < -0.3 is 14.3 Å². The van der Waals surface area contributed by atoms with E-state index in [1.165, 1.54) is 10.7 Å². The van der Waals surface area contributed by atoms with Crippen molar-refractivity contribution in [3.8, 4) is 22.6 Å². The lowest BCUT2D eigenvalue weighted by Crippen LogP contribution is -2.44. The first kappa shape index (κ1) is 21.4. The highest BCUT2D eigenvalue weighted by Crippen LogP contribution is 2.23. The van der Waals surface area contributed by atoms with E-state index in [2.05, 4.69) is 32.1 Å². The highest BCUT2D eigenvalue weighted by atomic mass is 35.5. The molecule has 0 saturated carbocycles. The van der Waals surface area contributed by atoms with Crippen molar-refractivity contribution in [2.45, 2.75) is 6.54 Å². The summed E-state index contributed by atoms with van der Waals surface area (Å²) in [4.78, 5) is 21.4. The Balaban J connectivity index is 1.37. The van der Waals surface area contributed by atoms with E-state index in [-0.39, 0.29) is 5.56 Å². The number of nitrogens with zero attached hydrogens (tertiary/aromatic N) is 6. The molecule has 3 heterocycles. The molecule has 2 aromatic carbocycles. The summed E-state index contributed by atoms with van der Waals surface area (Å²) in [6.07, 6.45) is 0. The van der Waals surface area contributed by atoms with Crippen molar-refractivity contribution in [1.29, 1.82) is 0 Å². The van der Waals surface area contributed by atoms with Gasteiger partial charge in [-0.15, -0.1) is 0 Å². The number of anilines is 1. The van der Waals surface area contributed by atoms with Crippen molar-refractivity contribution < 1.29 is 4.52 Å². The average Bonchev–Trinajstić information content (AvgIpc) is 3.32. The summed E-state index contributed by atoms with van der Waals surface area (Å²) in [5.74, 6) is 0.527. The molecule has 168 valence electrons. The quantitative estimate of drug-likeness (QED) is 0.449. The smallest absolute Gasteiger partial charge is 0.322 e. The first-order chi connectivity index (χ1) is 16.0. The van der Waals surface area contributed by atoms with Crippen LogP contribution < -0.4 is 10.5 Å². The van der Waals surface area contributed by atoms with Crippen LogP contribution in [0.2, 0.25) is 5.02 Å². The number of likely N-dealkylation sites (N-methyl/N-ethyl adjacent to an activating group) is 1. The van der Waals surface area contributed by atoms with Crippen LogP contribution in [0.25, 0.3) is 22.6 Å². The molecular formula is C24H23ClN6O2. The van der Waals surface area contributed by atoms with Crippen LogP contribution in [0.5, 0.6) is 0 Å². The molecule has 1 saturated heterocycles. The minimum Gasteiger partial charge on any atom is -0.322 e. The number of hydrogen-bond acceptors (Lipinski definition) is 7. The highest BCUT2D eigenvalue weighted by molar-refractivity contribution is 6.30. The Morgan fingerprint density at radius 2 is 1.76 bits per heavy atom. The van der Waals surface area contributed by atoms with Crippen LogP contribution in [0.4, 0.5) is 6.01 Å². The van der Waals surface area contributed by atoms with Gasteiger partial charge in [0.2, 0.25) is 5.82 Å². The summed E-state index contributed by atoms with van der Waals surface area (Å²) in [5, 5.41) is 9.33. The third kappa shape index (κ3) is 4.81. The summed E-state index contributed by atoms with van der Waals surface area (Å²) < 4.78 is 6.96. The molecule has 0 unspecified atom stereocenters. The van der Waals surface area contributed by atoms with Gasteiger partial charge in [-0.05, 0) is 36.9 Å². The molecule has 0 bridgehead atoms. The predicted octanol–water partition coefficient (Wildman–Crippen LogP) is 3.41. The zero-order valence-corrected chi connectivity index (χ0v) is 18.9. The Morgan fingerprint density at radius 3 is 2.58 bits per heavy atom. The molecule has 0 N–H and O–H groups in total. The molecule has 1 aliphatic rings. The van der Waals surface area contributed by atoms with Gasteiger partial charge in [0.25, 0.3) is 5.56 Å². The fraction of sp³-hybridized carbons (Fsp3) is 0.250. The number of piperazine rings is 1. The van der Waals surface area contributed by atoms with E-state index < -0.39 is 0 Å². The second-order valence-corrected chi connectivity index (χ2v) is 8.55. The van der Waals surface area contributed by atoms with Gasteiger partial charge in [0.05, 0.1) is 12.2 Å². The number of benzene rings is 2. The summed E-state index contributed by atoms with van der Waals surface area (Å²) in [5.41, 5.74) is 3.10. The van der Waals surface area contributed by atoms with E-state index in [1.807, 2.05) is 42.5 Å². The lowest BCUT2D eigenvalue weighted by molar-refractivity contribution is 0.298. The molecular weight excluding hydrogens is 440 g/mol. The van der Waals surface area contributed by atoms with Crippen LogP contribution in [-0.2, 0) is 6.54 Å². The zero-order chi connectivity index (χ0) is 22.8. The standard InChI is InChI=1S/C24H23ClN6O2/c1-29-10-12-30(13-11-29)24-26-23(28-33-24)19-6-2-4-17(14-19)16-31-22(32)9-8-21(27-31)18-5-3-7-20(25)15-18/h2-9,14-15H,10-13,16H2,1H3. The maximum absolute atomic E-state index is 12.5. The Hall–Kier alpha value is -3.49. The molecule has 1 aliphatic heterocycles. The van der Waals surface area contributed by atoms with Crippen LogP contribution >= 0.6 is 11.6 Å². The Morgan fingerprint density at radius 1 is 0.970 bits per heavy atom. The summed E-state index contributed by atoms with van der Waals surface area (Å²) in [6, 6.07) is 18.9. The predicted molar refractivity (Wildman–Crippen MR) is 127 cm³/mol. The van der Waals surface area contributed by atoms with Crippen LogP contribution in [-0.4, -0.2) is 58.0 Å². The number of aromatic nitrogens is 4. The van der Waals surface area contributed by atoms with Gasteiger partial charge in [0, 0.05) is 48.4 Å². The lowest BCUT2D eigenvalue weighted by Gasteiger charge is -2.30. The van der Waals surface area contributed by atoms with E-state index in [0.29, 0.717) is 29.1 Å². The maximum atomic E-state index is 12.5. The molecule has 33 heavy (non-hydrogen) atoms. The van der Waals surface area contributed by atoms with Crippen LogP contribution in [0, 0.1) is 0 Å². The number of halogens is 1. The summed E-state index contributed by atoms with van der Waals surface area (Å²) in [6.45, 7) is 3.96. The Bertz CT molecular complexity index is 1330. The molecule has 5 rings (SSSR count). The largest absolute Gasteiger partial charge is 0.324 e. The Kier molecular flexibility index (Phi) is 5.93. The van der Waals surface area contributed by atoms with E-state index in [0.717, 1.165) is 42.9 Å². The SMILES string of the molecule is CN1CCN(c2nc(-c3cccc(Cn4nc(-c5cccc(Cl)c5)ccc4=O)c3)no2)CC1. The minimum atomic E-state index is -0.178. The van der Waals surface area contributed by atoms with Crippen molar-refractivity contribution in [3.05, 3.63) is 81.6 Å². The molecule has 0 amide bonds. The van der Waals surface area contributed by atoms with Gasteiger partial charge in [-0.25, -0.2) is 4.68 Å². The van der Waals surface area contributed by atoms with Crippen molar-refractivity contribution in [2.75, 3.05) is 38.1 Å². The molecule has 0 spiro atoms. The minimum absolute atomic E-state index is 0.178. The normalized spacial score (nSPS) is 14.5. The topological polar surface area (TPSA) is 80.3 Å². The lowest BCUT2D eigenvalue weighted by atomic mass is 10.1. The molecule has 0 radical (unpaired) electrons. The van der Waals surface area contributed by atoms with E-state index in [1.54, 1.807) is 12.1 Å². The maximum Gasteiger partial charge on any atom is 0.324 e. The average molecular weight is 463 g/mol. The van der Waals surface area contributed by atoms with Crippen molar-refractivity contribution >= 4 is 17.6 Å². The molecule has 4 aromatic rings. The summed E-state index contributed by atoms with van der Waals surface area (Å²) >= 11 is 6.11. The van der Waals surface area contributed by atoms with Gasteiger partial charge in [-0.3, -0.25) is 4.79 Å². The Labute approximate surface area is 196 Å². The van der Waals surface area contributed by atoms with Gasteiger partial charge in [-0.1, -0.05) is 47.1 Å². The van der Waals surface area contributed by atoms with Gasteiger partial charge in [-0.2, -0.15) is 10.1 Å². The number of rotatable bonds is 5. The van der Waals surface area contributed by atoms with Crippen molar-refractivity contribution in [3.63, 3.8) is 0 Å². The molecule has 8 nitrogen and oxygen atoms in total. The van der Waals surface area contributed by atoms with E-state index in [9.17, 15) is 4.79 Å². The van der Waals surface area contributed by atoms with Crippen LogP contribution in [0.3, 0.4) is 0 Å². The molecule has 0 aliphatic carbocycles. The second kappa shape index (κ2) is 9.17. The zero-order valence-electron chi connectivity index (χ0n) is 18.2. The van der Waals surface area contributed by atoms with Gasteiger partial charge >= 0.3 is 6.01 Å². The highest BCUT2D eigenvalue weighted by Gasteiger charge is 2.20. The molecule has 2 aromatic heterocycles. The molecule has 0 atom stereocenters. The van der Waals surface area contributed by atoms with Crippen LogP contribution in [0.1, 0.15) is 5.56 Å². The first-order valence-electron chi connectivity index (χ1n) is 10.8. The first-order valence-corrected chi connectivity index (χ1v) is 11.1. The fourth-order valence-electron chi connectivity index (χ4n) is 3.80. The third-order valence-electron chi connectivity index (χ3n) is 5.69. The van der Waals surface area contributed by atoms with Gasteiger partial charge in [0.1, 0.15) is 0 Å². The monoisotopic (exact) mass is 462 g/mol.